The summed E-state index contributed by atoms with van der Waals surface area (Å²) < 4.78 is 25.9. The second-order valence-electron chi connectivity index (χ2n) is 8.50. The molecule has 2 heterocycles. The zero-order valence-corrected chi connectivity index (χ0v) is 17.1. The second kappa shape index (κ2) is 7.50. The number of amides is 2. The van der Waals surface area contributed by atoms with Gasteiger partial charge < -0.3 is 10.2 Å². The number of carbonyl (C=O) groups excluding carboxylic acids is 1. The van der Waals surface area contributed by atoms with Crippen LogP contribution in [0.1, 0.15) is 52.9 Å². The maximum Gasteiger partial charge on any atom is 0.317 e. The van der Waals surface area contributed by atoms with Crippen molar-refractivity contribution in [3.63, 3.8) is 0 Å². The lowest BCUT2D eigenvalue weighted by Crippen LogP contribution is -2.69. The summed E-state index contributed by atoms with van der Waals surface area (Å²) in [5.41, 5.74) is 0.253. The highest BCUT2D eigenvalue weighted by Gasteiger charge is 2.55. The van der Waals surface area contributed by atoms with E-state index in [4.69, 9.17) is 0 Å². The van der Waals surface area contributed by atoms with E-state index in [9.17, 15) is 13.2 Å². The van der Waals surface area contributed by atoms with Crippen molar-refractivity contribution in [1.82, 2.24) is 14.5 Å². The van der Waals surface area contributed by atoms with Crippen LogP contribution in [0, 0.1) is 11.3 Å². The standard InChI is InChI=1S/C19H33N3O3S/c1-4-13-26(24,25)21-11-7-16(8-12-21)20-18(23)22-14-19(9-5-6-10-19)17(22)15(2)3/h5-6,15-17H,4,7-14H2,1-3H3,(H,20,23). The highest BCUT2D eigenvalue weighted by Crippen LogP contribution is 2.50. The maximum atomic E-state index is 12.8. The van der Waals surface area contributed by atoms with E-state index in [1.54, 1.807) is 4.31 Å². The van der Waals surface area contributed by atoms with Crippen LogP contribution in [-0.4, -0.2) is 61.1 Å². The van der Waals surface area contributed by atoms with Gasteiger partial charge in [0.05, 0.1) is 5.75 Å². The molecule has 148 valence electrons. The fraction of sp³-hybridized carbons (Fsp3) is 0.842. The van der Waals surface area contributed by atoms with Crippen molar-refractivity contribution in [3.8, 4) is 0 Å². The van der Waals surface area contributed by atoms with Crippen LogP contribution in [0.4, 0.5) is 4.79 Å². The molecule has 1 atom stereocenters. The van der Waals surface area contributed by atoms with Crippen molar-refractivity contribution in [3.05, 3.63) is 12.2 Å². The monoisotopic (exact) mass is 383 g/mol. The van der Waals surface area contributed by atoms with E-state index in [2.05, 4.69) is 31.3 Å². The van der Waals surface area contributed by atoms with Crippen molar-refractivity contribution >= 4 is 16.1 Å². The van der Waals surface area contributed by atoms with Gasteiger partial charge in [-0.1, -0.05) is 32.9 Å². The Bertz CT molecular complexity index is 643. The molecule has 26 heavy (non-hydrogen) atoms. The van der Waals surface area contributed by atoms with Crippen LogP contribution >= 0.6 is 0 Å². The summed E-state index contributed by atoms with van der Waals surface area (Å²) in [7, 11) is -3.13. The number of nitrogens with one attached hydrogen (secondary N) is 1. The van der Waals surface area contributed by atoms with E-state index in [1.165, 1.54) is 0 Å². The van der Waals surface area contributed by atoms with Crippen LogP contribution in [0.3, 0.4) is 0 Å². The van der Waals surface area contributed by atoms with Crippen LogP contribution in [-0.2, 0) is 10.0 Å². The molecular formula is C19H33N3O3S. The van der Waals surface area contributed by atoms with Gasteiger partial charge in [-0.25, -0.2) is 17.5 Å². The fourth-order valence-electron chi connectivity index (χ4n) is 5.03. The minimum absolute atomic E-state index is 0.0242. The molecule has 3 aliphatic rings. The zero-order chi connectivity index (χ0) is 18.9. The zero-order valence-electron chi connectivity index (χ0n) is 16.3. The molecule has 2 fully saturated rings. The third-order valence-electron chi connectivity index (χ3n) is 6.19. The van der Waals surface area contributed by atoms with Gasteiger partial charge in [-0.15, -0.1) is 0 Å². The Kier molecular flexibility index (Phi) is 5.68. The Morgan fingerprint density at radius 2 is 1.85 bits per heavy atom. The van der Waals surface area contributed by atoms with E-state index in [0.29, 0.717) is 44.3 Å². The summed E-state index contributed by atoms with van der Waals surface area (Å²) in [5, 5.41) is 3.16. The van der Waals surface area contributed by atoms with Gasteiger partial charge in [0.25, 0.3) is 0 Å². The maximum absolute atomic E-state index is 12.8. The predicted molar refractivity (Wildman–Crippen MR) is 103 cm³/mol. The number of hydrogen-bond donors (Lipinski definition) is 1. The van der Waals surface area contributed by atoms with Gasteiger partial charge >= 0.3 is 6.03 Å². The highest BCUT2D eigenvalue weighted by molar-refractivity contribution is 7.89. The molecule has 2 aliphatic heterocycles. The van der Waals surface area contributed by atoms with Crippen LogP contribution < -0.4 is 5.32 Å². The molecule has 0 saturated carbocycles. The van der Waals surface area contributed by atoms with Gasteiger partial charge in [-0.05, 0) is 38.0 Å². The van der Waals surface area contributed by atoms with E-state index < -0.39 is 10.0 Å². The minimum Gasteiger partial charge on any atom is -0.335 e. The summed E-state index contributed by atoms with van der Waals surface area (Å²) in [6.45, 7) is 8.12. The Balaban J connectivity index is 1.52. The first-order chi connectivity index (χ1) is 12.3. The first kappa shape index (κ1) is 19.7. The summed E-state index contributed by atoms with van der Waals surface area (Å²) >= 11 is 0. The van der Waals surface area contributed by atoms with E-state index >= 15 is 0 Å². The third kappa shape index (κ3) is 3.65. The summed E-state index contributed by atoms with van der Waals surface area (Å²) in [6.07, 6.45) is 8.68. The topological polar surface area (TPSA) is 69.7 Å². The lowest BCUT2D eigenvalue weighted by molar-refractivity contribution is -0.0584. The minimum atomic E-state index is -3.13. The Morgan fingerprint density at radius 1 is 1.23 bits per heavy atom. The van der Waals surface area contributed by atoms with E-state index in [-0.39, 0.29) is 23.2 Å². The number of urea groups is 1. The first-order valence-electron chi connectivity index (χ1n) is 9.99. The van der Waals surface area contributed by atoms with Crippen LogP contribution in [0.15, 0.2) is 12.2 Å². The number of sulfonamides is 1. The predicted octanol–water partition coefficient (Wildman–Crippen LogP) is 2.58. The molecule has 1 unspecified atom stereocenters. The molecular weight excluding hydrogens is 350 g/mol. The molecule has 3 rings (SSSR count). The quantitative estimate of drug-likeness (QED) is 0.742. The van der Waals surface area contributed by atoms with Crippen molar-refractivity contribution in [2.45, 2.75) is 65.0 Å². The van der Waals surface area contributed by atoms with Gasteiger partial charge in [0.1, 0.15) is 0 Å². The lowest BCUT2D eigenvalue weighted by Gasteiger charge is -2.58. The average molecular weight is 384 g/mol. The third-order valence-corrected chi connectivity index (χ3v) is 8.27. The number of piperidine rings is 1. The number of hydrogen-bond acceptors (Lipinski definition) is 3. The fourth-order valence-corrected chi connectivity index (χ4v) is 6.57. The molecule has 1 spiro atoms. The Morgan fingerprint density at radius 3 is 2.38 bits per heavy atom. The number of allylic oxidation sites excluding steroid dienone is 2. The molecule has 1 N–H and O–H groups in total. The largest absolute Gasteiger partial charge is 0.335 e. The molecule has 7 heteroatoms. The van der Waals surface area contributed by atoms with Crippen molar-refractivity contribution < 1.29 is 13.2 Å². The molecule has 2 amide bonds. The van der Waals surface area contributed by atoms with Crippen LogP contribution in [0.5, 0.6) is 0 Å². The number of likely N-dealkylation sites (tertiary alicyclic amines) is 1. The van der Waals surface area contributed by atoms with Gasteiger partial charge in [0.2, 0.25) is 10.0 Å². The van der Waals surface area contributed by atoms with Crippen LogP contribution in [0.25, 0.3) is 0 Å². The molecule has 0 aromatic carbocycles. The van der Waals surface area contributed by atoms with Gasteiger partial charge in [0, 0.05) is 37.1 Å². The molecule has 0 bridgehead atoms. The molecule has 0 aromatic rings. The summed E-state index contributed by atoms with van der Waals surface area (Å²) in [5.74, 6) is 0.653. The average Bonchev–Trinajstić information content (AvgIpc) is 3.04. The highest BCUT2D eigenvalue weighted by atomic mass is 32.2. The summed E-state index contributed by atoms with van der Waals surface area (Å²) in [6, 6.07) is 0.389. The van der Waals surface area contributed by atoms with Gasteiger partial charge in [-0.2, -0.15) is 0 Å². The second-order valence-corrected chi connectivity index (χ2v) is 10.6. The Labute approximate surface area is 158 Å². The van der Waals surface area contributed by atoms with E-state index in [1.807, 2.05) is 11.8 Å². The smallest absolute Gasteiger partial charge is 0.317 e. The molecule has 1 aliphatic carbocycles. The Hall–Kier alpha value is -1.08. The normalized spacial score (nSPS) is 26.5. The SMILES string of the molecule is CCCS(=O)(=O)N1CCC(NC(=O)N2CC3(CC=CC3)C2C(C)C)CC1. The molecule has 0 radical (unpaired) electrons. The lowest BCUT2D eigenvalue weighted by atomic mass is 9.65. The number of rotatable bonds is 5. The van der Waals surface area contributed by atoms with Crippen LogP contribution in [0.2, 0.25) is 0 Å². The molecule has 2 saturated heterocycles. The van der Waals surface area contributed by atoms with Crippen molar-refractivity contribution in [1.29, 1.82) is 0 Å². The van der Waals surface area contributed by atoms with Crippen molar-refractivity contribution in [2.75, 3.05) is 25.4 Å². The van der Waals surface area contributed by atoms with E-state index in [0.717, 1.165) is 19.4 Å². The molecule has 0 aromatic heterocycles. The number of carbonyl (C=O) groups is 1. The summed E-state index contributed by atoms with van der Waals surface area (Å²) in [4.78, 5) is 14.8. The molecule has 6 nitrogen and oxygen atoms in total. The number of nitrogens with zero attached hydrogens (tertiary/aromatic N) is 2. The first-order valence-corrected chi connectivity index (χ1v) is 11.6. The van der Waals surface area contributed by atoms with Crippen molar-refractivity contribution in [2.24, 2.45) is 11.3 Å². The van der Waals surface area contributed by atoms with Gasteiger partial charge in [0.15, 0.2) is 0 Å². The van der Waals surface area contributed by atoms with Gasteiger partial charge in [-0.3, -0.25) is 0 Å².